The zero-order valence-corrected chi connectivity index (χ0v) is 10.5. The molecule has 2 aromatic heterocycles. The largest absolute Gasteiger partial charge is 0.361 e. The van der Waals surface area contributed by atoms with Gasteiger partial charge in [0.05, 0.1) is 17.8 Å². The number of anilines is 1. The van der Waals surface area contributed by atoms with Crippen LogP contribution in [0.3, 0.4) is 0 Å². The van der Waals surface area contributed by atoms with E-state index in [1.807, 2.05) is 13.8 Å². The average Bonchev–Trinajstić information content (AvgIpc) is 2.89. The molecule has 7 heteroatoms. The molecular formula is C10H12N4O2S. The van der Waals surface area contributed by atoms with E-state index < -0.39 is 0 Å². The van der Waals surface area contributed by atoms with Crippen LogP contribution in [0.5, 0.6) is 0 Å². The van der Waals surface area contributed by atoms with E-state index in [0.29, 0.717) is 10.8 Å². The minimum absolute atomic E-state index is 0.120. The molecule has 6 nitrogen and oxygen atoms in total. The maximum atomic E-state index is 12.0. The van der Waals surface area contributed by atoms with Crippen molar-refractivity contribution >= 4 is 22.4 Å². The number of hydrogen-bond acceptors (Lipinski definition) is 6. The second kappa shape index (κ2) is 4.62. The molecule has 0 spiro atoms. The predicted molar refractivity (Wildman–Crippen MR) is 62.9 cm³/mol. The van der Waals surface area contributed by atoms with Gasteiger partial charge in [0, 0.05) is 17.1 Å². The van der Waals surface area contributed by atoms with Crippen LogP contribution in [0.2, 0.25) is 0 Å². The molecule has 0 aliphatic heterocycles. The minimum atomic E-state index is -0.316. The third-order valence-corrected chi connectivity index (χ3v) is 3.10. The maximum Gasteiger partial charge on any atom is 0.232 e. The Morgan fingerprint density at radius 1 is 1.53 bits per heavy atom. The number of nitrogens with zero attached hydrogens (tertiary/aromatic N) is 3. The highest BCUT2D eigenvalue weighted by molar-refractivity contribution is 7.10. The second-order valence-electron chi connectivity index (χ2n) is 3.73. The average molecular weight is 252 g/mol. The second-order valence-corrected chi connectivity index (χ2v) is 4.52. The van der Waals surface area contributed by atoms with Gasteiger partial charge in [-0.2, -0.15) is 0 Å². The number of rotatable bonds is 3. The fourth-order valence-electron chi connectivity index (χ4n) is 1.69. The van der Waals surface area contributed by atoms with Crippen molar-refractivity contribution in [2.45, 2.75) is 26.7 Å². The highest BCUT2D eigenvalue weighted by atomic mass is 32.1. The highest BCUT2D eigenvalue weighted by Gasteiger charge is 2.23. The van der Waals surface area contributed by atoms with Crippen molar-refractivity contribution in [2.75, 3.05) is 5.32 Å². The van der Waals surface area contributed by atoms with Gasteiger partial charge in [-0.25, -0.2) is 0 Å². The van der Waals surface area contributed by atoms with Crippen LogP contribution in [-0.2, 0) is 4.79 Å². The van der Waals surface area contributed by atoms with E-state index in [9.17, 15) is 4.79 Å². The van der Waals surface area contributed by atoms with Gasteiger partial charge in [-0.1, -0.05) is 9.64 Å². The lowest BCUT2D eigenvalue weighted by Crippen LogP contribution is -2.19. The van der Waals surface area contributed by atoms with E-state index in [0.717, 1.165) is 22.8 Å². The van der Waals surface area contributed by atoms with E-state index in [2.05, 4.69) is 20.1 Å². The van der Waals surface area contributed by atoms with Crippen LogP contribution in [0.15, 0.2) is 10.7 Å². The van der Waals surface area contributed by atoms with Crippen LogP contribution in [-0.4, -0.2) is 20.7 Å². The van der Waals surface area contributed by atoms with Gasteiger partial charge in [-0.3, -0.25) is 4.79 Å². The summed E-state index contributed by atoms with van der Waals surface area (Å²) in [7, 11) is 0. The Morgan fingerprint density at radius 2 is 2.29 bits per heavy atom. The molecule has 1 atom stereocenters. The van der Waals surface area contributed by atoms with Crippen molar-refractivity contribution in [3.63, 3.8) is 0 Å². The molecule has 2 heterocycles. The SMILES string of the molecule is Cc1noc(C)c1C(C)C(=O)Nc1cnns1. The monoisotopic (exact) mass is 252 g/mol. The first-order valence-corrected chi connectivity index (χ1v) is 5.88. The van der Waals surface area contributed by atoms with Crippen LogP contribution < -0.4 is 5.32 Å². The Hall–Kier alpha value is -1.76. The lowest BCUT2D eigenvalue weighted by atomic mass is 9.99. The van der Waals surface area contributed by atoms with Crippen molar-refractivity contribution in [2.24, 2.45) is 0 Å². The van der Waals surface area contributed by atoms with E-state index in [4.69, 9.17) is 4.52 Å². The molecule has 0 aliphatic rings. The summed E-state index contributed by atoms with van der Waals surface area (Å²) in [6.45, 7) is 5.44. The summed E-state index contributed by atoms with van der Waals surface area (Å²) in [5.74, 6) is 0.237. The summed E-state index contributed by atoms with van der Waals surface area (Å²) < 4.78 is 8.73. The van der Waals surface area contributed by atoms with Gasteiger partial charge >= 0.3 is 0 Å². The fourth-order valence-corrected chi connectivity index (χ4v) is 2.11. The molecule has 0 aromatic carbocycles. The Labute approximate surface area is 102 Å². The van der Waals surface area contributed by atoms with Crippen molar-refractivity contribution in [1.29, 1.82) is 0 Å². The number of nitrogens with one attached hydrogen (secondary N) is 1. The molecule has 0 radical (unpaired) electrons. The molecular weight excluding hydrogens is 240 g/mol. The van der Waals surface area contributed by atoms with Gasteiger partial charge < -0.3 is 9.84 Å². The third kappa shape index (κ3) is 2.33. The van der Waals surface area contributed by atoms with Gasteiger partial charge in [0.25, 0.3) is 0 Å². The standard InChI is InChI=1S/C10H12N4O2S/c1-5(9-6(2)13-16-7(9)3)10(15)12-8-4-11-14-17-8/h4-5H,1-3H3,(H,12,15). The van der Waals surface area contributed by atoms with Crippen molar-refractivity contribution in [1.82, 2.24) is 14.7 Å². The maximum absolute atomic E-state index is 12.0. The zero-order valence-electron chi connectivity index (χ0n) is 9.72. The normalized spacial score (nSPS) is 12.4. The summed E-state index contributed by atoms with van der Waals surface area (Å²) in [5, 5.41) is 10.9. The van der Waals surface area contributed by atoms with Crippen LogP contribution >= 0.6 is 11.5 Å². The van der Waals surface area contributed by atoms with Gasteiger partial charge in [-0.05, 0) is 20.8 Å². The first kappa shape index (κ1) is 11.7. The number of hydrogen-bond donors (Lipinski definition) is 1. The number of aromatic nitrogens is 3. The molecule has 1 unspecified atom stereocenters. The molecule has 90 valence electrons. The number of carbonyl (C=O) groups excluding carboxylic acids is 1. The molecule has 1 amide bonds. The summed E-state index contributed by atoms with van der Waals surface area (Å²) >= 11 is 1.14. The Kier molecular flexibility index (Phi) is 3.19. The van der Waals surface area contributed by atoms with Crippen molar-refractivity contribution in [3.8, 4) is 0 Å². The lowest BCUT2D eigenvalue weighted by Gasteiger charge is -2.09. The summed E-state index contributed by atoms with van der Waals surface area (Å²) in [6.07, 6.45) is 1.52. The van der Waals surface area contributed by atoms with Gasteiger partial charge in [0.2, 0.25) is 5.91 Å². The van der Waals surface area contributed by atoms with Crippen molar-refractivity contribution < 1.29 is 9.32 Å². The molecule has 0 bridgehead atoms. The van der Waals surface area contributed by atoms with Gasteiger partial charge in [0.15, 0.2) is 0 Å². The Morgan fingerprint density at radius 3 is 2.82 bits per heavy atom. The minimum Gasteiger partial charge on any atom is -0.361 e. The quantitative estimate of drug-likeness (QED) is 0.902. The van der Waals surface area contributed by atoms with Crippen molar-refractivity contribution in [3.05, 3.63) is 23.2 Å². The molecule has 17 heavy (non-hydrogen) atoms. The smallest absolute Gasteiger partial charge is 0.232 e. The van der Waals surface area contributed by atoms with E-state index >= 15 is 0 Å². The molecule has 2 rings (SSSR count). The van der Waals surface area contributed by atoms with Crippen LogP contribution in [0.4, 0.5) is 5.00 Å². The molecule has 0 saturated heterocycles. The van der Waals surface area contributed by atoms with Crippen LogP contribution in [0.1, 0.15) is 29.9 Å². The van der Waals surface area contributed by atoms with E-state index in [1.165, 1.54) is 6.20 Å². The van der Waals surface area contributed by atoms with Crippen LogP contribution in [0.25, 0.3) is 0 Å². The first-order valence-electron chi connectivity index (χ1n) is 5.10. The Bertz CT molecular complexity index is 501. The summed E-state index contributed by atoms with van der Waals surface area (Å²) in [4.78, 5) is 12.0. The summed E-state index contributed by atoms with van der Waals surface area (Å²) in [5.41, 5.74) is 1.58. The predicted octanol–water partition coefficient (Wildman–Crippen LogP) is 1.89. The van der Waals surface area contributed by atoms with Gasteiger partial charge in [-0.15, -0.1) is 5.10 Å². The number of carbonyl (C=O) groups is 1. The highest BCUT2D eigenvalue weighted by Crippen LogP contribution is 2.24. The van der Waals surface area contributed by atoms with Gasteiger partial charge in [0.1, 0.15) is 10.8 Å². The summed E-state index contributed by atoms with van der Waals surface area (Å²) in [6, 6.07) is 0. The van der Waals surface area contributed by atoms with E-state index in [1.54, 1.807) is 6.92 Å². The zero-order chi connectivity index (χ0) is 12.4. The Balaban J connectivity index is 2.15. The third-order valence-electron chi connectivity index (χ3n) is 2.52. The molecule has 0 saturated carbocycles. The molecule has 1 N–H and O–H groups in total. The lowest BCUT2D eigenvalue weighted by molar-refractivity contribution is -0.117. The molecule has 0 aliphatic carbocycles. The first-order chi connectivity index (χ1) is 8.09. The van der Waals surface area contributed by atoms with Crippen LogP contribution in [0, 0.1) is 13.8 Å². The number of amides is 1. The van der Waals surface area contributed by atoms with E-state index in [-0.39, 0.29) is 11.8 Å². The fraction of sp³-hybridized carbons (Fsp3) is 0.400. The molecule has 2 aromatic rings. The topological polar surface area (TPSA) is 80.9 Å². The molecule has 0 fully saturated rings. The number of aryl methyl sites for hydroxylation is 2.